The fraction of sp³-hybridized carbons (Fsp3) is 0.318. The largest absolute Gasteiger partial charge is 1.00 e. The Hall–Kier alpha value is -0.487. The van der Waals surface area contributed by atoms with Gasteiger partial charge in [0.25, 0.3) is 0 Å². The van der Waals surface area contributed by atoms with E-state index in [1.165, 1.54) is 29.2 Å². The van der Waals surface area contributed by atoms with Crippen molar-refractivity contribution in [3.63, 3.8) is 0 Å². The SMILES string of the molecule is CCCc1cc[cH-]c1.C[C](=[Zr+2])C(C)C.[Cl-].[Cl-].c1ccc2[cH-]ccc2c1. The smallest absolute Gasteiger partial charge is 0.0809 e. The summed E-state index contributed by atoms with van der Waals surface area (Å²) in [6.07, 6.45) is 2.48. The van der Waals surface area contributed by atoms with Gasteiger partial charge in [0.05, 0.1) is 0 Å². The summed E-state index contributed by atoms with van der Waals surface area (Å²) in [5.74, 6) is 0.809. The first kappa shape index (κ1) is 26.7. The van der Waals surface area contributed by atoms with E-state index in [1.807, 2.05) is 0 Å². The van der Waals surface area contributed by atoms with Crippen LogP contribution in [0.5, 0.6) is 0 Å². The standard InChI is InChI=1S/C9H7.C8H11.C5H10.2ClH.Zr/c1-2-5-9-7-3-6-8(9)4-1;1-2-5-8-6-3-4-7-8;1-4-5(2)3;;;/h1-7H;3-4,6-7H,2,5H2,1H3;5H,1-3H3;2*1H;/q2*-1;;;;+2/p-2. The molecule has 0 heterocycles. The molecular weight excluding hydrogens is 426 g/mol. The molecule has 3 aromatic carbocycles. The van der Waals surface area contributed by atoms with E-state index in [4.69, 9.17) is 0 Å². The minimum Gasteiger partial charge on any atom is -1.00 e. The fourth-order valence-corrected chi connectivity index (χ4v) is 1.94. The third-order valence-corrected chi connectivity index (χ3v) is 5.10. The second-order valence-corrected chi connectivity index (χ2v) is 7.97. The normalized spacial score (nSPS) is 9.08. The minimum absolute atomic E-state index is 0. The van der Waals surface area contributed by atoms with E-state index in [9.17, 15) is 0 Å². The van der Waals surface area contributed by atoms with Crippen LogP contribution in [0, 0.1) is 5.92 Å². The number of rotatable bonds is 3. The molecule has 0 aliphatic carbocycles. The zero-order valence-electron chi connectivity index (χ0n) is 15.6. The summed E-state index contributed by atoms with van der Waals surface area (Å²) in [5, 5.41) is 2.66. The Bertz CT molecular complexity index is 636. The summed E-state index contributed by atoms with van der Waals surface area (Å²) in [6.45, 7) is 8.85. The van der Waals surface area contributed by atoms with Gasteiger partial charge in [-0.25, -0.2) is 6.07 Å². The molecule has 0 amide bonds. The molecular formula is C22H28Cl2Zr-2. The summed E-state index contributed by atoms with van der Waals surface area (Å²) in [5.41, 5.74) is 1.47. The molecule has 0 aromatic heterocycles. The summed E-state index contributed by atoms with van der Waals surface area (Å²) in [6, 6.07) is 23.2. The zero-order valence-corrected chi connectivity index (χ0v) is 19.6. The number of benzene rings is 1. The molecule has 3 rings (SSSR count). The Morgan fingerprint density at radius 1 is 1.04 bits per heavy atom. The molecule has 0 saturated heterocycles. The van der Waals surface area contributed by atoms with Gasteiger partial charge >= 0.3 is 54.1 Å². The molecule has 0 atom stereocenters. The van der Waals surface area contributed by atoms with Crippen LogP contribution in [0.25, 0.3) is 10.8 Å². The number of hydrogen-bond acceptors (Lipinski definition) is 0. The van der Waals surface area contributed by atoms with Crippen molar-refractivity contribution in [1.29, 1.82) is 0 Å². The van der Waals surface area contributed by atoms with Crippen molar-refractivity contribution in [2.24, 2.45) is 5.92 Å². The molecule has 25 heavy (non-hydrogen) atoms. The van der Waals surface area contributed by atoms with E-state index in [0.29, 0.717) is 0 Å². The van der Waals surface area contributed by atoms with Crippen molar-refractivity contribution >= 4 is 14.0 Å². The van der Waals surface area contributed by atoms with E-state index in [2.05, 4.69) is 94.4 Å². The predicted octanol–water partition coefficient (Wildman–Crippen LogP) is 0.306. The molecule has 0 spiro atoms. The molecule has 0 radical (unpaired) electrons. The molecule has 136 valence electrons. The third-order valence-electron chi connectivity index (χ3n) is 3.68. The molecule has 0 nitrogen and oxygen atoms in total. The van der Waals surface area contributed by atoms with Gasteiger partial charge in [0, 0.05) is 0 Å². The van der Waals surface area contributed by atoms with Gasteiger partial charge in [-0.1, -0.05) is 25.8 Å². The minimum atomic E-state index is 0. The first-order valence-electron chi connectivity index (χ1n) is 8.40. The number of hydrogen-bond donors (Lipinski definition) is 0. The quantitative estimate of drug-likeness (QED) is 0.500. The van der Waals surface area contributed by atoms with E-state index in [-0.39, 0.29) is 24.8 Å². The molecule has 0 aliphatic rings. The van der Waals surface area contributed by atoms with Crippen LogP contribution in [-0.2, 0) is 30.7 Å². The monoisotopic (exact) mass is 452 g/mol. The van der Waals surface area contributed by atoms with Gasteiger partial charge in [0.15, 0.2) is 0 Å². The third kappa shape index (κ3) is 11.7. The van der Waals surface area contributed by atoms with Gasteiger partial charge in [-0.3, -0.25) is 0 Å². The maximum absolute atomic E-state index is 2.23. The summed E-state index contributed by atoms with van der Waals surface area (Å²) >= 11 is 1.58. The molecule has 3 aromatic rings. The summed E-state index contributed by atoms with van der Waals surface area (Å²) in [7, 11) is 0. The van der Waals surface area contributed by atoms with Crippen LogP contribution in [0.4, 0.5) is 0 Å². The zero-order chi connectivity index (χ0) is 17.1. The second-order valence-electron chi connectivity index (χ2n) is 6.04. The van der Waals surface area contributed by atoms with Crippen LogP contribution in [0.3, 0.4) is 0 Å². The molecule has 0 saturated carbocycles. The number of fused-ring (bicyclic) bond motifs is 1. The van der Waals surface area contributed by atoms with Crippen LogP contribution >= 0.6 is 0 Å². The molecule has 3 heteroatoms. The van der Waals surface area contributed by atoms with Crippen molar-refractivity contribution in [3.05, 3.63) is 72.3 Å². The molecule has 0 fully saturated rings. The van der Waals surface area contributed by atoms with Crippen LogP contribution in [0.2, 0.25) is 0 Å². The predicted molar refractivity (Wildman–Crippen MR) is 101 cm³/mol. The second kappa shape index (κ2) is 15.7. The van der Waals surface area contributed by atoms with Gasteiger partial charge in [0.1, 0.15) is 0 Å². The summed E-state index contributed by atoms with van der Waals surface area (Å²) in [4.78, 5) is 0. The Balaban J connectivity index is 0. The maximum atomic E-state index is 2.23. The van der Waals surface area contributed by atoms with Gasteiger partial charge in [-0.15, -0.1) is 29.7 Å². The van der Waals surface area contributed by atoms with Crippen molar-refractivity contribution in [1.82, 2.24) is 0 Å². The fourth-order valence-electron chi connectivity index (χ4n) is 1.94. The Labute approximate surface area is 180 Å². The number of halogens is 2. The van der Waals surface area contributed by atoms with E-state index < -0.39 is 0 Å². The van der Waals surface area contributed by atoms with Crippen LogP contribution in [0.15, 0.2) is 66.7 Å². The van der Waals surface area contributed by atoms with Crippen molar-refractivity contribution in [3.8, 4) is 0 Å². The average Bonchev–Trinajstić information content (AvgIpc) is 3.19. The van der Waals surface area contributed by atoms with Crippen molar-refractivity contribution in [2.45, 2.75) is 40.5 Å². The Kier molecular flexibility index (Phi) is 16.8. The van der Waals surface area contributed by atoms with Crippen LogP contribution in [-0.4, -0.2) is 3.21 Å². The van der Waals surface area contributed by atoms with E-state index >= 15 is 0 Å². The topological polar surface area (TPSA) is 0 Å². The molecule has 0 N–H and O–H groups in total. The maximum Gasteiger partial charge on any atom is -0.0809 e. The van der Waals surface area contributed by atoms with Crippen molar-refractivity contribution < 1.29 is 49.0 Å². The van der Waals surface area contributed by atoms with E-state index in [0.717, 1.165) is 5.92 Å². The van der Waals surface area contributed by atoms with Gasteiger partial charge < -0.3 is 24.8 Å². The molecule has 0 unspecified atom stereocenters. The first-order chi connectivity index (χ1) is 11.0. The first-order valence-corrected chi connectivity index (χ1v) is 9.63. The molecule has 0 bridgehead atoms. The van der Waals surface area contributed by atoms with Gasteiger partial charge in [0.2, 0.25) is 0 Å². The average molecular weight is 455 g/mol. The van der Waals surface area contributed by atoms with Gasteiger partial charge in [-0.05, 0) is 0 Å². The van der Waals surface area contributed by atoms with Gasteiger partial charge in [-0.2, -0.15) is 41.3 Å². The van der Waals surface area contributed by atoms with E-state index in [1.54, 1.807) is 27.4 Å². The van der Waals surface area contributed by atoms with Crippen molar-refractivity contribution in [2.75, 3.05) is 0 Å². The molecule has 0 aliphatic heterocycles. The summed E-state index contributed by atoms with van der Waals surface area (Å²) < 4.78 is 1.60. The Morgan fingerprint density at radius 3 is 2.16 bits per heavy atom. The van der Waals surface area contributed by atoms with Crippen LogP contribution in [0.1, 0.15) is 39.7 Å². The Morgan fingerprint density at radius 2 is 1.68 bits per heavy atom. The number of aryl methyl sites for hydroxylation is 1. The van der Waals surface area contributed by atoms with Crippen LogP contribution < -0.4 is 24.8 Å².